The summed E-state index contributed by atoms with van der Waals surface area (Å²) in [6, 6.07) is 5.73. The summed E-state index contributed by atoms with van der Waals surface area (Å²) in [5.41, 5.74) is 0. The van der Waals surface area contributed by atoms with E-state index < -0.39 is 0 Å². The van der Waals surface area contributed by atoms with E-state index in [-0.39, 0.29) is 17.2 Å². The zero-order valence-electron chi connectivity index (χ0n) is 13.7. The molecular formula is C17H22N4O2S. The Morgan fingerprint density at radius 3 is 2.75 bits per heavy atom. The third-order valence-electron chi connectivity index (χ3n) is 4.12. The van der Waals surface area contributed by atoms with E-state index >= 15 is 0 Å². The minimum absolute atomic E-state index is 0.0109. The summed E-state index contributed by atoms with van der Waals surface area (Å²) < 4.78 is 5.58. The molecule has 0 unspecified atom stereocenters. The number of carbonyl (C=O) groups is 1. The number of thioether (sulfide) groups is 1. The first-order valence-electron chi connectivity index (χ1n) is 8.23. The van der Waals surface area contributed by atoms with Crippen LogP contribution in [0.1, 0.15) is 31.6 Å². The van der Waals surface area contributed by atoms with E-state index in [0.717, 1.165) is 18.8 Å². The topological polar surface area (TPSA) is 71.3 Å². The van der Waals surface area contributed by atoms with Crippen LogP contribution in [0.25, 0.3) is 0 Å². The maximum absolute atomic E-state index is 12.4. The normalized spacial score (nSPS) is 17.5. The summed E-state index contributed by atoms with van der Waals surface area (Å²) in [5, 5.41) is 3.42. The largest absolute Gasteiger partial charge is 0.468 e. The molecule has 1 amide bonds. The van der Waals surface area contributed by atoms with Crippen LogP contribution in [0.3, 0.4) is 0 Å². The van der Waals surface area contributed by atoms with Crippen LogP contribution in [0, 0.1) is 0 Å². The van der Waals surface area contributed by atoms with Gasteiger partial charge in [-0.05, 0) is 51.1 Å². The summed E-state index contributed by atoms with van der Waals surface area (Å²) in [6.07, 6.45) is 7.44. The highest BCUT2D eigenvalue weighted by Crippen LogP contribution is 2.25. The second kappa shape index (κ2) is 8.30. The number of nitrogens with zero attached hydrogens (tertiary/aromatic N) is 3. The lowest BCUT2D eigenvalue weighted by molar-refractivity contribution is -0.120. The van der Waals surface area contributed by atoms with E-state index in [4.69, 9.17) is 4.42 Å². The van der Waals surface area contributed by atoms with Crippen molar-refractivity contribution < 1.29 is 9.21 Å². The average molecular weight is 346 g/mol. The van der Waals surface area contributed by atoms with Crippen LogP contribution in [0.2, 0.25) is 0 Å². The van der Waals surface area contributed by atoms with Gasteiger partial charge >= 0.3 is 0 Å². The predicted molar refractivity (Wildman–Crippen MR) is 92.6 cm³/mol. The van der Waals surface area contributed by atoms with Gasteiger partial charge in [-0.2, -0.15) is 0 Å². The Labute approximate surface area is 146 Å². The average Bonchev–Trinajstić information content (AvgIpc) is 3.30. The van der Waals surface area contributed by atoms with Gasteiger partial charge in [-0.25, -0.2) is 9.97 Å². The van der Waals surface area contributed by atoms with Crippen molar-refractivity contribution in [2.45, 2.75) is 36.2 Å². The Morgan fingerprint density at radius 1 is 1.33 bits per heavy atom. The molecule has 1 aliphatic heterocycles. The molecule has 0 saturated carbocycles. The third-order valence-corrected chi connectivity index (χ3v) is 5.11. The number of carbonyl (C=O) groups excluding carboxylic acids is 1. The van der Waals surface area contributed by atoms with E-state index in [0.29, 0.717) is 11.7 Å². The Morgan fingerprint density at radius 2 is 2.08 bits per heavy atom. The SMILES string of the molecule is C[C@H](Sc1ncccn1)C(=O)NC[C@@H](c1ccco1)N1CCCC1. The van der Waals surface area contributed by atoms with Crippen molar-refractivity contribution in [1.82, 2.24) is 20.2 Å². The third kappa shape index (κ3) is 4.36. The van der Waals surface area contributed by atoms with Gasteiger partial charge in [0.2, 0.25) is 5.91 Å². The fourth-order valence-electron chi connectivity index (χ4n) is 2.84. The molecule has 2 atom stereocenters. The van der Waals surface area contributed by atoms with Gasteiger partial charge in [0.15, 0.2) is 5.16 Å². The van der Waals surface area contributed by atoms with Gasteiger partial charge in [0.05, 0.1) is 17.6 Å². The number of likely N-dealkylation sites (tertiary alicyclic amines) is 1. The van der Waals surface area contributed by atoms with Crippen molar-refractivity contribution in [2.24, 2.45) is 0 Å². The number of furan rings is 1. The van der Waals surface area contributed by atoms with Crippen molar-refractivity contribution in [3.05, 3.63) is 42.6 Å². The number of hydrogen-bond donors (Lipinski definition) is 1. The van der Waals surface area contributed by atoms with E-state index in [1.807, 2.05) is 19.1 Å². The quantitative estimate of drug-likeness (QED) is 0.613. The van der Waals surface area contributed by atoms with Gasteiger partial charge in [-0.1, -0.05) is 11.8 Å². The van der Waals surface area contributed by atoms with Gasteiger partial charge in [0.1, 0.15) is 5.76 Å². The predicted octanol–water partition coefficient (Wildman–Crippen LogP) is 2.50. The maximum atomic E-state index is 12.4. The zero-order chi connectivity index (χ0) is 16.8. The number of rotatable bonds is 7. The van der Waals surface area contributed by atoms with Crippen LogP contribution in [-0.4, -0.2) is 45.7 Å². The number of amides is 1. The first-order valence-corrected chi connectivity index (χ1v) is 9.11. The van der Waals surface area contributed by atoms with Gasteiger partial charge in [-0.15, -0.1) is 0 Å². The number of hydrogen-bond acceptors (Lipinski definition) is 6. The molecule has 0 aliphatic carbocycles. The number of aromatic nitrogens is 2. The zero-order valence-corrected chi connectivity index (χ0v) is 14.5. The molecule has 3 heterocycles. The van der Waals surface area contributed by atoms with Crippen molar-refractivity contribution in [3.8, 4) is 0 Å². The molecule has 24 heavy (non-hydrogen) atoms. The van der Waals surface area contributed by atoms with Crippen LogP contribution in [0.15, 0.2) is 46.4 Å². The highest BCUT2D eigenvalue weighted by atomic mass is 32.2. The molecule has 1 saturated heterocycles. The van der Waals surface area contributed by atoms with Gasteiger partial charge in [0, 0.05) is 18.9 Å². The van der Waals surface area contributed by atoms with Crippen LogP contribution in [-0.2, 0) is 4.79 Å². The van der Waals surface area contributed by atoms with E-state index in [9.17, 15) is 4.79 Å². The highest BCUT2D eigenvalue weighted by Gasteiger charge is 2.26. The molecule has 6 nitrogen and oxygen atoms in total. The van der Waals surface area contributed by atoms with E-state index in [2.05, 4.69) is 20.2 Å². The minimum Gasteiger partial charge on any atom is -0.468 e. The Bertz CT molecular complexity index is 629. The molecule has 1 aliphatic rings. The first-order chi connectivity index (χ1) is 11.7. The molecule has 0 spiro atoms. The van der Waals surface area contributed by atoms with Crippen molar-refractivity contribution in [1.29, 1.82) is 0 Å². The van der Waals surface area contributed by atoms with Crippen molar-refractivity contribution in [3.63, 3.8) is 0 Å². The summed E-state index contributed by atoms with van der Waals surface area (Å²) in [6.45, 7) is 4.51. The first kappa shape index (κ1) is 17.0. The standard InChI is InChI=1S/C17H22N4O2S/c1-13(24-17-18-7-5-8-19-17)16(22)20-12-14(15-6-4-11-23-15)21-9-2-3-10-21/h4-8,11,13-14H,2-3,9-10,12H2,1H3,(H,20,22)/t13-,14-/m0/s1. The fraction of sp³-hybridized carbons (Fsp3) is 0.471. The molecule has 0 bridgehead atoms. The van der Waals surface area contributed by atoms with Crippen LogP contribution >= 0.6 is 11.8 Å². The molecule has 128 valence electrons. The number of nitrogens with one attached hydrogen (secondary N) is 1. The molecule has 3 rings (SSSR count). The van der Waals surface area contributed by atoms with Crippen LogP contribution in [0.4, 0.5) is 0 Å². The molecule has 7 heteroatoms. The lowest BCUT2D eigenvalue weighted by Crippen LogP contribution is -2.39. The molecule has 0 aromatic carbocycles. The Kier molecular flexibility index (Phi) is 5.87. The monoisotopic (exact) mass is 346 g/mol. The molecule has 1 fully saturated rings. The smallest absolute Gasteiger partial charge is 0.233 e. The van der Waals surface area contributed by atoms with Crippen LogP contribution < -0.4 is 5.32 Å². The van der Waals surface area contributed by atoms with Crippen molar-refractivity contribution >= 4 is 17.7 Å². The minimum atomic E-state index is -0.247. The Balaban J connectivity index is 1.56. The van der Waals surface area contributed by atoms with Gasteiger partial charge in [0.25, 0.3) is 0 Å². The van der Waals surface area contributed by atoms with Crippen LogP contribution in [0.5, 0.6) is 0 Å². The summed E-state index contributed by atoms with van der Waals surface area (Å²) >= 11 is 1.36. The Hall–Kier alpha value is -1.86. The maximum Gasteiger partial charge on any atom is 0.233 e. The lowest BCUT2D eigenvalue weighted by Gasteiger charge is -2.26. The summed E-state index contributed by atoms with van der Waals surface area (Å²) in [5.74, 6) is 0.895. The molecular weight excluding hydrogens is 324 g/mol. The van der Waals surface area contributed by atoms with Gasteiger partial charge < -0.3 is 9.73 Å². The second-order valence-electron chi connectivity index (χ2n) is 5.81. The summed E-state index contributed by atoms with van der Waals surface area (Å²) in [7, 11) is 0. The fourth-order valence-corrected chi connectivity index (χ4v) is 3.59. The summed E-state index contributed by atoms with van der Waals surface area (Å²) in [4.78, 5) is 23.1. The second-order valence-corrected chi connectivity index (χ2v) is 7.12. The van der Waals surface area contributed by atoms with E-state index in [1.165, 1.54) is 24.6 Å². The van der Waals surface area contributed by atoms with E-state index in [1.54, 1.807) is 24.7 Å². The van der Waals surface area contributed by atoms with Crippen molar-refractivity contribution in [2.75, 3.05) is 19.6 Å². The molecule has 2 aromatic rings. The molecule has 2 aromatic heterocycles. The lowest BCUT2D eigenvalue weighted by atomic mass is 10.2. The molecule has 0 radical (unpaired) electrons. The molecule has 1 N–H and O–H groups in total. The van der Waals surface area contributed by atoms with Gasteiger partial charge in [-0.3, -0.25) is 9.69 Å². The highest BCUT2D eigenvalue weighted by molar-refractivity contribution is 8.00.